The molecule has 0 spiro atoms. The van der Waals surface area contributed by atoms with Crippen LogP contribution in [0.25, 0.3) is 21.3 Å². The van der Waals surface area contributed by atoms with Gasteiger partial charge in [0.15, 0.2) is 0 Å². The van der Waals surface area contributed by atoms with Crippen LogP contribution in [0.1, 0.15) is 25.3 Å². The number of rotatable bonds is 6. The summed E-state index contributed by atoms with van der Waals surface area (Å²) in [6, 6.07) is 10.6. The molecule has 1 saturated carbocycles. The van der Waals surface area contributed by atoms with Gasteiger partial charge in [0.25, 0.3) is 0 Å². The highest BCUT2D eigenvalue weighted by Gasteiger charge is 2.42. The highest BCUT2D eigenvalue weighted by atomic mass is 32.2. The Bertz CT molecular complexity index is 1070. The molecule has 0 aliphatic heterocycles. The number of nitriles is 1. The number of carbonyl (C=O) groups is 1. The van der Waals surface area contributed by atoms with Crippen LogP contribution >= 0.6 is 23.1 Å². The molecule has 1 atom stereocenters. The molecule has 7 heteroatoms. The average Bonchev–Trinajstić information content (AvgIpc) is 3.47. The van der Waals surface area contributed by atoms with Crippen molar-refractivity contribution < 1.29 is 4.79 Å². The molecule has 1 N–H and O–H groups in total. The van der Waals surface area contributed by atoms with Crippen LogP contribution in [0.4, 0.5) is 0 Å². The Morgan fingerprint density at radius 2 is 2.11 bits per heavy atom. The molecule has 2 aromatic heterocycles. The Balaban J connectivity index is 1.56. The van der Waals surface area contributed by atoms with Crippen LogP contribution in [0.2, 0.25) is 0 Å². The molecule has 142 valence electrons. The number of amides is 1. The highest BCUT2D eigenvalue weighted by molar-refractivity contribution is 8.00. The van der Waals surface area contributed by atoms with Crippen LogP contribution in [0, 0.1) is 24.2 Å². The van der Waals surface area contributed by atoms with E-state index in [-0.39, 0.29) is 17.6 Å². The number of thioether (sulfide) groups is 1. The van der Waals surface area contributed by atoms with Crippen molar-refractivity contribution in [3.05, 3.63) is 41.5 Å². The summed E-state index contributed by atoms with van der Waals surface area (Å²) in [5, 5.41) is 16.2. The van der Waals surface area contributed by atoms with Gasteiger partial charge in [-0.3, -0.25) is 4.79 Å². The normalized spacial score (nSPS) is 15.8. The zero-order valence-electron chi connectivity index (χ0n) is 15.7. The highest BCUT2D eigenvalue weighted by Crippen LogP contribution is 2.40. The van der Waals surface area contributed by atoms with Crippen molar-refractivity contribution in [2.75, 3.05) is 5.75 Å². The quantitative estimate of drug-likeness (QED) is 0.477. The molecule has 0 radical (unpaired) electrons. The minimum absolute atomic E-state index is 0.139. The minimum atomic E-state index is -0.770. The molecule has 0 bridgehead atoms. The largest absolute Gasteiger partial charge is 0.337 e. The molecule has 2 heterocycles. The summed E-state index contributed by atoms with van der Waals surface area (Å²) in [6.07, 6.45) is 3.54. The molecule has 5 nitrogen and oxygen atoms in total. The number of benzene rings is 1. The molecule has 3 aromatic rings. The fourth-order valence-corrected chi connectivity index (χ4v) is 5.04. The van der Waals surface area contributed by atoms with Gasteiger partial charge < -0.3 is 5.32 Å². The fourth-order valence-electron chi connectivity index (χ4n) is 3.24. The monoisotopic (exact) mass is 408 g/mol. The topological polar surface area (TPSA) is 78.7 Å². The van der Waals surface area contributed by atoms with Crippen molar-refractivity contribution in [3.63, 3.8) is 0 Å². The predicted molar refractivity (Wildman–Crippen MR) is 113 cm³/mol. The lowest BCUT2D eigenvalue weighted by molar-refractivity contribution is -0.119. The smallest absolute Gasteiger partial charge is 0.231 e. The van der Waals surface area contributed by atoms with Gasteiger partial charge in [-0.1, -0.05) is 41.6 Å². The zero-order chi connectivity index (χ0) is 19.7. The lowest BCUT2D eigenvalue weighted by Crippen LogP contribution is -2.47. The van der Waals surface area contributed by atoms with Gasteiger partial charge in [0.2, 0.25) is 5.91 Å². The van der Waals surface area contributed by atoms with Crippen LogP contribution in [0.3, 0.4) is 0 Å². The number of nitrogens with zero attached hydrogens (tertiary/aromatic N) is 3. The lowest BCUT2D eigenvalue weighted by atomic mass is 9.98. The molecule has 1 fully saturated rings. The molecule has 1 amide bonds. The summed E-state index contributed by atoms with van der Waals surface area (Å²) in [6.45, 7) is 3.87. The number of aryl methyl sites for hydroxylation is 1. The summed E-state index contributed by atoms with van der Waals surface area (Å²) in [7, 11) is 0. The number of hydrogen-bond donors (Lipinski definition) is 1. The Hall–Kier alpha value is -2.43. The van der Waals surface area contributed by atoms with E-state index in [2.05, 4.69) is 57.9 Å². The first-order valence-corrected chi connectivity index (χ1v) is 11.0. The first-order chi connectivity index (χ1) is 13.5. The molecule has 1 aliphatic carbocycles. The Morgan fingerprint density at radius 1 is 1.36 bits per heavy atom. The molecule has 28 heavy (non-hydrogen) atoms. The van der Waals surface area contributed by atoms with E-state index in [1.54, 1.807) is 17.7 Å². The van der Waals surface area contributed by atoms with E-state index in [1.807, 2.05) is 6.92 Å². The third kappa shape index (κ3) is 3.75. The van der Waals surface area contributed by atoms with E-state index in [1.165, 1.54) is 17.3 Å². The van der Waals surface area contributed by atoms with Gasteiger partial charge in [-0.25, -0.2) is 9.97 Å². The second-order valence-electron chi connectivity index (χ2n) is 7.30. The number of carbonyl (C=O) groups excluding carboxylic acids is 1. The maximum Gasteiger partial charge on any atom is 0.231 e. The van der Waals surface area contributed by atoms with E-state index in [4.69, 9.17) is 0 Å². The predicted octanol–water partition coefficient (Wildman–Crippen LogP) is 4.57. The van der Waals surface area contributed by atoms with E-state index < -0.39 is 5.54 Å². The average molecular weight is 409 g/mol. The van der Waals surface area contributed by atoms with Crippen LogP contribution in [0.15, 0.2) is 41.0 Å². The molecule has 0 unspecified atom stereocenters. The number of fused-ring (bicyclic) bond motifs is 1. The van der Waals surface area contributed by atoms with Crippen LogP contribution in [-0.2, 0) is 4.79 Å². The number of aromatic nitrogens is 2. The summed E-state index contributed by atoms with van der Waals surface area (Å²) in [5.41, 5.74) is 2.64. The van der Waals surface area contributed by atoms with E-state index >= 15 is 0 Å². The Kier molecular flexibility index (Phi) is 5.09. The van der Waals surface area contributed by atoms with E-state index in [0.717, 1.165) is 39.2 Å². The van der Waals surface area contributed by atoms with Crippen molar-refractivity contribution in [1.82, 2.24) is 15.3 Å². The van der Waals surface area contributed by atoms with Crippen LogP contribution in [-0.4, -0.2) is 27.2 Å². The SMILES string of the molecule is Cc1ccc(-c2csc3ncnc(SCC(=O)N[C@](C)(C#N)C4CC4)c23)cc1. The van der Waals surface area contributed by atoms with E-state index in [0.29, 0.717) is 0 Å². The molecule has 1 aromatic carbocycles. The first kappa shape index (κ1) is 18.9. The summed E-state index contributed by atoms with van der Waals surface area (Å²) < 4.78 is 0. The Labute approximate surface area is 172 Å². The van der Waals surface area contributed by atoms with Gasteiger partial charge in [-0.05, 0) is 38.2 Å². The van der Waals surface area contributed by atoms with E-state index in [9.17, 15) is 10.1 Å². The van der Waals surface area contributed by atoms with Crippen molar-refractivity contribution in [3.8, 4) is 17.2 Å². The molecule has 0 saturated heterocycles. The number of thiophene rings is 1. The Morgan fingerprint density at radius 3 is 2.79 bits per heavy atom. The number of nitrogens with one attached hydrogen (secondary N) is 1. The molecule has 1 aliphatic rings. The van der Waals surface area contributed by atoms with Gasteiger partial charge in [0, 0.05) is 10.9 Å². The molecular weight excluding hydrogens is 388 g/mol. The zero-order valence-corrected chi connectivity index (χ0v) is 17.4. The standard InChI is InChI=1S/C21H20N4OS2/c1-13-3-5-14(6-4-13)16-9-27-19-18(16)20(24-12-23-19)28-10-17(26)25-21(2,11-22)15-7-8-15/h3-6,9,12,15H,7-8,10H2,1-2H3,(H,25,26)/t21-/m1/s1. The first-order valence-electron chi connectivity index (χ1n) is 9.14. The second kappa shape index (κ2) is 7.53. The van der Waals surface area contributed by atoms with Gasteiger partial charge in [-0.15, -0.1) is 11.3 Å². The summed E-state index contributed by atoms with van der Waals surface area (Å²) >= 11 is 2.97. The fraction of sp³-hybridized carbons (Fsp3) is 0.333. The van der Waals surface area contributed by atoms with Crippen molar-refractivity contribution in [2.24, 2.45) is 5.92 Å². The van der Waals surface area contributed by atoms with Crippen molar-refractivity contribution in [2.45, 2.75) is 37.3 Å². The van der Waals surface area contributed by atoms with Crippen molar-refractivity contribution in [1.29, 1.82) is 5.26 Å². The third-order valence-corrected chi connectivity index (χ3v) is 6.94. The molecule has 4 rings (SSSR count). The van der Waals surface area contributed by atoms with Crippen LogP contribution in [0.5, 0.6) is 0 Å². The molecular formula is C21H20N4OS2. The summed E-state index contributed by atoms with van der Waals surface area (Å²) in [5.74, 6) is 0.348. The van der Waals surface area contributed by atoms with Gasteiger partial charge in [0.05, 0.1) is 17.2 Å². The van der Waals surface area contributed by atoms with Gasteiger partial charge >= 0.3 is 0 Å². The lowest BCUT2D eigenvalue weighted by Gasteiger charge is -2.22. The van der Waals surface area contributed by atoms with Gasteiger partial charge in [0.1, 0.15) is 21.7 Å². The maximum absolute atomic E-state index is 12.5. The van der Waals surface area contributed by atoms with Crippen molar-refractivity contribution >= 4 is 39.2 Å². The van der Waals surface area contributed by atoms with Gasteiger partial charge in [-0.2, -0.15) is 5.26 Å². The maximum atomic E-state index is 12.5. The third-order valence-electron chi connectivity index (χ3n) is 5.06. The number of hydrogen-bond acceptors (Lipinski definition) is 6. The second-order valence-corrected chi connectivity index (χ2v) is 9.12. The van der Waals surface area contributed by atoms with Crippen LogP contribution < -0.4 is 5.32 Å². The summed E-state index contributed by atoms with van der Waals surface area (Å²) in [4.78, 5) is 22.2. The minimum Gasteiger partial charge on any atom is -0.337 e.